The number of carbonyl (C=O) groups excluding carboxylic acids is 1. The van der Waals surface area contributed by atoms with Crippen LogP contribution in [0.2, 0.25) is 0 Å². The van der Waals surface area contributed by atoms with Gasteiger partial charge in [0.25, 0.3) is 0 Å². The molecule has 1 fully saturated rings. The minimum atomic E-state index is -0.693. The second-order valence-corrected chi connectivity index (χ2v) is 6.74. The molecule has 0 radical (unpaired) electrons. The van der Waals surface area contributed by atoms with Gasteiger partial charge in [-0.2, -0.15) is 0 Å². The minimum absolute atomic E-state index is 0.0596. The van der Waals surface area contributed by atoms with Crippen molar-refractivity contribution >= 4 is 6.03 Å². The van der Waals surface area contributed by atoms with Gasteiger partial charge in [-0.25, -0.2) is 4.79 Å². The van der Waals surface area contributed by atoms with Crippen molar-refractivity contribution in [3.63, 3.8) is 0 Å². The van der Waals surface area contributed by atoms with E-state index in [0.717, 1.165) is 13.0 Å². The van der Waals surface area contributed by atoms with Gasteiger partial charge in [0.2, 0.25) is 0 Å². The average molecular weight is 335 g/mol. The van der Waals surface area contributed by atoms with Crippen LogP contribution in [0, 0.1) is 0 Å². The number of likely N-dealkylation sites (N-methyl/N-ethyl adjacent to an activating group) is 1. The van der Waals surface area contributed by atoms with Crippen molar-refractivity contribution in [2.75, 3.05) is 26.7 Å². The highest BCUT2D eigenvalue weighted by Gasteiger charge is 2.37. The first-order valence-corrected chi connectivity index (χ1v) is 8.55. The zero-order valence-corrected chi connectivity index (χ0v) is 14.7. The summed E-state index contributed by atoms with van der Waals surface area (Å²) >= 11 is 0. The molecule has 0 saturated carbocycles. The van der Waals surface area contributed by atoms with Gasteiger partial charge < -0.3 is 25.4 Å². The first kappa shape index (κ1) is 18.7. The molecule has 1 saturated heterocycles. The Hall–Kier alpha value is -1.63. The number of ether oxygens (including phenoxy) is 1. The zero-order chi connectivity index (χ0) is 17.5. The van der Waals surface area contributed by atoms with E-state index in [0.29, 0.717) is 13.2 Å². The summed E-state index contributed by atoms with van der Waals surface area (Å²) in [5.74, 6) is 0. The molecule has 2 amide bonds. The van der Waals surface area contributed by atoms with Crippen molar-refractivity contribution in [3.05, 3.63) is 35.9 Å². The summed E-state index contributed by atoms with van der Waals surface area (Å²) in [7, 11) is 2.02. The number of hydrogen-bond donors (Lipinski definition) is 3. The predicted molar refractivity (Wildman–Crippen MR) is 94.0 cm³/mol. The van der Waals surface area contributed by atoms with Crippen molar-refractivity contribution in [2.24, 2.45) is 0 Å². The summed E-state index contributed by atoms with van der Waals surface area (Å²) in [6.07, 6.45) is -0.0178. The van der Waals surface area contributed by atoms with Gasteiger partial charge in [0.15, 0.2) is 0 Å². The third-order valence-corrected chi connectivity index (χ3v) is 4.14. The molecular formula is C18H29N3O3. The number of aliphatic hydroxyl groups excluding tert-OH is 1. The number of carbonyl (C=O) groups is 1. The lowest BCUT2D eigenvalue weighted by molar-refractivity contribution is 0.0205. The molecule has 134 valence electrons. The van der Waals surface area contributed by atoms with E-state index in [4.69, 9.17) is 4.74 Å². The second kappa shape index (κ2) is 9.01. The van der Waals surface area contributed by atoms with E-state index in [1.165, 1.54) is 5.56 Å². The van der Waals surface area contributed by atoms with Crippen LogP contribution >= 0.6 is 0 Å². The van der Waals surface area contributed by atoms with Crippen molar-refractivity contribution in [1.29, 1.82) is 0 Å². The van der Waals surface area contributed by atoms with Gasteiger partial charge in [-0.1, -0.05) is 30.3 Å². The summed E-state index contributed by atoms with van der Waals surface area (Å²) in [5.41, 5.74) is 1.29. The Balaban J connectivity index is 1.74. The normalized spacial score (nSPS) is 23.7. The number of hydrogen-bond acceptors (Lipinski definition) is 4. The van der Waals surface area contributed by atoms with Crippen LogP contribution in [0.4, 0.5) is 4.79 Å². The molecule has 0 bridgehead atoms. The molecule has 1 aromatic carbocycles. The molecule has 0 spiro atoms. The van der Waals surface area contributed by atoms with E-state index < -0.39 is 6.10 Å². The van der Waals surface area contributed by atoms with Gasteiger partial charge in [-0.15, -0.1) is 0 Å². The van der Waals surface area contributed by atoms with Crippen LogP contribution in [-0.2, 0) is 11.2 Å². The molecule has 24 heavy (non-hydrogen) atoms. The fraction of sp³-hybridized carbons (Fsp3) is 0.611. The Bertz CT molecular complexity index is 509. The van der Waals surface area contributed by atoms with Crippen LogP contribution < -0.4 is 10.6 Å². The second-order valence-electron chi connectivity index (χ2n) is 6.74. The highest BCUT2D eigenvalue weighted by atomic mass is 16.5. The Morgan fingerprint density at radius 3 is 2.75 bits per heavy atom. The quantitative estimate of drug-likeness (QED) is 0.695. The van der Waals surface area contributed by atoms with Crippen LogP contribution in [0.1, 0.15) is 19.4 Å². The molecule has 1 heterocycles. The average Bonchev–Trinajstić information content (AvgIpc) is 2.86. The van der Waals surface area contributed by atoms with Crippen LogP contribution in [0.5, 0.6) is 0 Å². The molecule has 6 nitrogen and oxygen atoms in total. The summed E-state index contributed by atoms with van der Waals surface area (Å²) in [6.45, 7) is 5.65. The molecule has 3 N–H and O–H groups in total. The van der Waals surface area contributed by atoms with E-state index in [2.05, 4.69) is 27.7 Å². The Kier molecular flexibility index (Phi) is 7.02. The van der Waals surface area contributed by atoms with Crippen molar-refractivity contribution in [3.8, 4) is 0 Å². The zero-order valence-electron chi connectivity index (χ0n) is 14.7. The lowest BCUT2D eigenvalue weighted by atomic mass is 10.1. The first-order valence-electron chi connectivity index (χ1n) is 8.55. The molecule has 0 unspecified atom stereocenters. The predicted octanol–water partition coefficient (Wildman–Crippen LogP) is 0.997. The SMILES string of the molecule is CC(C)NC(=O)N[C@H]1CO[C@@H](CN(C)CCc2ccccc2)[C@@H]1O. The number of nitrogens with zero attached hydrogens (tertiary/aromatic N) is 1. The van der Waals surface area contributed by atoms with Crippen LogP contribution in [0.15, 0.2) is 30.3 Å². The molecule has 1 aliphatic rings. The number of amides is 2. The molecule has 3 atom stereocenters. The van der Waals surface area contributed by atoms with Gasteiger partial charge in [-0.05, 0) is 32.9 Å². The fourth-order valence-electron chi connectivity index (χ4n) is 2.81. The Morgan fingerprint density at radius 1 is 1.38 bits per heavy atom. The first-order chi connectivity index (χ1) is 11.5. The maximum atomic E-state index is 11.7. The smallest absolute Gasteiger partial charge is 0.315 e. The van der Waals surface area contributed by atoms with Gasteiger partial charge in [0.1, 0.15) is 6.10 Å². The van der Waals surface area contributed by atoms with E-state index in [1.54, 1.807) is 0 Å². The standard InChI is InChI=1S/C18H29N3O3/c1-13(2)19-18(23)20-15-12-24-16(17(15)22)11-21(3)10-9-14-7-5-4-6-8-14/h4-8,13,15-17,22H,9-12H2,1-3H3,(H2,19,20,23)/t15-,16-,17+/m0/s1. The van der Waals surface area contributed by atoms with Crippen LogP contribution in [0.3, 0.4) is 0 Å². The van der Waals surface area contributed by atoms with Gasteiger partial charge in [0, 0.05) is 19.1 Å². The maximum absolute atomic E-state index is 11.7. The molecule has 1 aromatic rings. The number of aliphatic hydroxyl groups is 1. The third kappa shape index (κ3) is 5.78. The molecule has 2 rings (SSSR count). The highest BCUT2D eigenvalue weighted by molar-refractivity contribution is 5.74. The maximum Gasteiger partial charge on any atom is 0.315 e. The van der Waals surface area contributed by atoms with E-state index >= 15 is 0 Å². The van der Waals surface area contributed by atoms with E-state index in [1.807, 2.05) is 39.1 Å². The lowest BCUT2D eigenvalue weighted by Gasteiger charge is -2.24. The monoisotopic (exact) mass is 335 g/mol. The molecule has 1 aliphatic heterocycles. The summed E-state index contributed by atoms with van der Waals surface area (Å²) in [4.78, 5) is 13.9. The number of rotatable bonds is 7. The summed E-state index contributed by atoms with van der Waals surface area (Å²) in [6, 6.07) is 9.74. The van der Waals surface area contributed by atoms with Gasteiger partial charge in [-0.3, -0.25) is 0 Å². The van der Waals surface area contributed by atoms with Gasteiger partial charge in [0.05, 0.1) is 18.8 Å². The van der Waals surface area contributed by atoms with Gasteiger partial charge >= 0.3 is 6.03 Å². The molecular weight excluding hydrogens is 306 g/mol. The topological polar surface area (TPSA) is 73.8 Å². The highest BCUT2D eigenvalue weighted by Crippen LogP contribution is 2.15. The largest absolute Gasteiger partial charge is 0.388 e. The van der Waals surface area contributed by atoms with E-state index in [9.17, 15) is 9.90 Å². The molecule has 6 heteroatoms. The van der Waals surface area contributed by atoms with Crippen LogP contribution in [0.25, 0.3) is 0 Å². The van der Waals surface area contributed by atoms with Crippen molar-refractivity contribution in [1.82, 2.24) is 15.5 Å². The summed E-state index contributed by atoms with van der Waals surface area (Å²) in [5, 5.41) is 15.9. The number of benzene rings is 1. The number of urea groups is 1. The lowest BCUT2D eigenvalue weighted by Crippen LogP contribution is -2.50. The fourth-order valence-corrected chi connectivity index (χ4v) is 2.81. The van der Waals surface area contributed by atoms with Crippen molar-refractivity contribution < 1.29 is 14.6 Å². The van der Waals surface area contributed by atoms with Crippen LogP contribution in [-0.4, -0.2) is 67.1 Å². The Labute approximate surface area is 144 Å². The molecule has 0 aliphatic carbocycles. The van der Waals surface area contributed by atoms with E-state index in [-0.39, 0.29) is 24.2 Å². The molecule has 0 aromatic heterocycles. The Morgan fingerprint density at radius 2 is 2.08 bits per heavy atom. The summed E-state index contributed by atoms with van der Waals surface area (Å²) < 4.78 is 5.67. The van der Waals surface area contributed by atoms with Crippen molar-refractivity contribution in [2.45, 2.75) is 44.6 Å². The number of nitrogens with one attached hydrogen (secondary N) is 2. The minimum Gasteiger partial charge on any atom is -0.388 e. The third-order valence-electron chi connectivity index (χ3n) is 4.14.